The molecule has 4 heteroatoms. The molecule has 0 spiro atoms. The van der Waals surface area contributed by atoms with E-state index in [0.717, 1.165) is 18.8 Å². The highest BCUT2D eigenvalue weighted by molar-refractivity contribution is 5.85. The first-order chi connectivity index (χ1) is 6.65. The highest BCUT2D eigenvalue weighted by Crippen LogP contribution is 2.04. The van der Waals surface area contributed by atoms with Crippen LogP contribution in [-0.2, 0) is 19.5 Å². The predicted molar refractivity (Wildman–Crippen MR) is 52.3 cm³/mol. The Morgan fingerprint density at radius 3 is 2.50 bits per heavy atom. The molecular weight excluding hydrogens is 180 g/mol. The van der Waals surface area contributed by atoms with Crippen molar-refractivity contribution in [2.45, 2.75) is 40.3 Å². The smallest absolute Gasteiger partial charge is 0.379 e. The Kier molecular flexibility index (Phi) is 3.28. The van der Waals surface area contributed by atoms with Gasteiger partial charge >= 0.3 is 5.97 Å². The second-order valence-corrected chi connectivity index (χ2v) is 3.12. The number of aromatic nitrogens is 2. The van der Waals surface area contributed by atoms with Crippen LogP contribution in [0.1, 0.15) is 37.1 Å². The van der Waals surface area contributed by atoms with E-state index in [1.54, 1.807) is 6.20 Å². The third kappa shape index (κ3) is 1.64. The van der Waals surface area contributed by atoms with Crippen LogP contribution in [0.15, 0.2) is 6.20 Å². The summed E-state index contributed by atoms with van der Waals surface area (Å²) >= 11 is 0. The van der Waals surface area contributed by atoms with Crippen LogP contribution in [0.3, 0.4) is 0 Å². The summed E-state index contributed by atoms with van der Waals surface area (Å²) in [6, 6.07) is 0. The zero-order valence-electron chi connectivity index (χ0n) is 8.95. The van der Waals surface area contributed by atoms with Crippen molar-refractivity contribution in [2.24, 2.45) is 0 Å². The number of nitrogens with zero attached hydrogens (tertiary/aromatic N) is 2. The zero-order valence-corrected chi connectivity index (χ0v) is 8.95. The number of carbonyl (C=O) groups is 1. The molecule has 14 heavy (non-hydrogen) atoms. The second kappa shape index (κ2) is 4.26. The quantitative estimate of drug-likeness (QED) is 0.734. The molecule has 1 N–H and O–H groups in total. The number of aromatic carboxylic acids is 1. The molecule has 1 heterocycles. The van der Waals surface area contributed by atoms with E-state index in [9.17, 15) is 4.79 Å². The maximum atomic E-state index is 10.9. The number of aryl methyl sites for hydroxylation is 1. The summed E-state index contributed by atoms with van der Waals surface area (Å²) in [5, 5.41) is 8.99. The molecule has 1 aromatic heterocycles. The Bertz CT molecular complexity index is 342. The van der Waals surface area contributed by atoms with Crippen molar-refractivity contribution in [1.82, 2.24) is 4.57 Å². The topological polar surface area (TPSA) is 46.1 Å². The first-order valence-corrected chi connectivity index (χ1v) is 5.00. The van der Waals surface area contributed by atoms with Crippen LogP contribution in [0, 0.1) is 0 Å². The van der Waals surface area contributed by atoms with Crippen molar-refractivity contribution in [2.75, 3.05) is 0 Å². The molecule has 0 aliphatic rings. The lowest BCUT2D eigenvalue weighted by atomic mass is 10.4. The van der Waals surface area contributed by atoms with Gasteiger partial charge in [0.15, 0.2) is 0 Å². The molecule has 0 saturated heterocycles. The summed E-state index contributed by atoms with van der Waals surface area (Å²) in [4.78, 5) is 10.9. The van der Waals surface area contributed by atoms with Gasteiger partial charge in [0.2, 0.25) is 0 Å². The maximum Gasteiger partial charge on any atom is 0.379 e. The van der Waals surface area contributed by atoms with Crippen LogP contribution in [0.2, 0.25) is 0 Å². The molecule has 0 fully saturated rings. The van der Waals surface area contributed by atoms with Crippen molar-refractivity contribution in [1.29, 1.82) is 0 Å². The fourth-order valence-electron chi connectivity index (χ4n) is 1.78. The molecule has 4 nitrogen and oxygen atoms in total. The molecule has 0 saturated carbocycles. The SMILES string of the molecule is CCc1n(CC)c(C(=O)O)c[n+]1CC. The van der Waals surface area contributed by atoms with Crippen molar-refractivity contribution in [3.8, 4) is 0 Å². The van der Waals surface area contributed by atoms with Crippen molar-refractivity contribution in [3.05, 3.63) is 17.7 Å². The minimum atomic E-state index is -0.853. The lowest BCUT2D eigenvalue weighted by molar-refractivity contribution is -0.700. The van der Waals surface area contributed by atoms with E-state index in [1.165, 1.54) is 0 Å². The highest BCUT2D eigenvalue weighted by Gasteiger charge is 2.24. The molecule has 0 aliphatic carbocycles. The van der Waals surface area contributed by atoms with E-state index in [0.29, 0.717) is 12.2 Å². The molecule has 78 valence electrons. The van der Waals surface area contributed by atoms with Gasteiger partial charge in [-0.15, -0.1) is 0 Å². The van der Waals surface area contributed by atoms with E-state index >= 15 is 0 Å². The van der Waals surface area contributed by atoms with Crippen LogP contribution >= 0.6 is 0 Å². The van der Waals surface area contributed by atoms with Gasteiger partial charge in [-0.1, -0.05) is 6.92 Å². The minimum Gasteiger partial charge on any atom is -0.475 e. The van der Waals surface area contributed by atoms with Crippen LogP contribution in [0.4, 0.5) is 0 Å². The molecule has 0 aromatic carbocycles. The number of carboxylic acids is 1. The van der Waals surface area contributed by atoms with Crippen LogP contribution in [-0.4, -0.2) is 15.6 Å². The third-order valence-corrected chi connectivity index (χ3v) is 2.40. The Labute approximate surface area is 83.8 Å². The van der Waals surface area contributed by atoms with Crippen LogP contribution in [0.25, 0.3) is 0 Å². The molecule has 0 bridgehead atoms. The van der Waals surface area contributed by atoms with Gasteiger partial charge in [0.05, 0.1) is 13.1 Å². The van der Waals surface area contributed by atoms with E-state index in [-0.39, 0.29) is 0 Å². The largest absolute Gasteiger partial charge is 0.475 e. The maximum absolute atomic E-state index is 10.9. The number of hydrogen-bond acceptors (Lipinski definition) is 1. The molecule has 1 rings (SSSR count). The van der Waals surface area contributed by atoms with E-state index in [1.807, 2.05) is 29.9 Å². The van der Waals surface area contributed by atoms with Gasteiger partial charge < -0.3 is 5.11 Å². The summed E-state index contributed by atoms with van der Waals surface area (Å²) in [6.07, 6.45) is 2.57. The van der Waals surface area contributed by atoms with Gasteiger partial charge in [0, 0.05) is 6.42 Å². The van der Waals surface area contributed by atoms with Crippen molar-refractivity contribution < 1.29 is 14.5 Å². The lowest BCUT2D eigenvalue weighted by Gasteiger charge is -1.98. The number of carboxylic acid groups (broad SMARTS) is 1. The molecule has 1 aromatic rings. The summed E-state index contributed by atoms with van der Waals surface area (Å²) < 4.78 is 3.85. The van der Waals surface area contributed by atoms with Gasteiger partial charge in [-0.3, -0.25) is 0 Å². The van der Waals surface area contributed by atoms with Gasteiger partial charge in [0.25, 0.3) is 11.5 Å². The molecule has 0 atom stereocenters. The summed E-state index contributed by atoms with van der Waals surface area (Å²) in [5.41, 5.74) is 0.381. The fourth-order valence-corrected chi connectivity index (χ4v) is 1.78. The standard InChI is InChI=1S/C10H16N2O2/c1-4-9-11(5-2)7-8(10(13)14)12(9)6-3/h7H,4-6H2,1-3H3/p+1. The third-order valence-electron chi connectivity index (χ3n) is 2.40. The number of hydrogen-bond donors (Lipinski definition) is 1. The summed E-state index contributed by atoms with van der Waals surface area (Å²) in [7, 11) is 0. The minimum absolute atomic E-state index is 0.381. The van der Waals surface area contributed by atoms with E-state index < -0.39 is 5.97 Å². The van der Waals surface area contributed by atoms with Crippen molar-refractivity contribution >= 4 is 5.97 Å². The summed E-state index contributed by atoms with van der Waals surface area (Å²) in [5.74, 6) is 0.223. The first kappa shape index (κ1) is 10.8. The van der Waals surface area contributed by atoms with Gasteiger partial charge in [-0.2, -0.15) is 0 Å². The monoisotopic (exact) mass is 197 g/mol. The van der Waals surface area contributed by atoms with Gasteiger partial charge in [-0.25, -0.2) is 13.9 Å². The van der Waals surface area contributed by atoms with Gasteiger partial charge in [-0.05, 0) is 13.8 Å². The highest BCUT2D eigenvalue weighted by atomic mass is 16.4. The fraction of sp³-hybridized carbons (Fsp3) is 0.600. The van der Waals surface area contributed by atoms with Crippen LogP contribution < -0.4 is 4.57 Å². The predicted octanol–water partition coefficient (Wildman–Crippen LogP) is 1.08. The molecule has 0 aliphatic heterocycles. The number of imidazole rings is 1. The summed E-state index contributed by atoms with van der Waals surface area (Å²) in [6.45, 7) is 7.55. The Morgan fingerprint density at radius 1 is 1.50 bits per heavy atom. The lowest BCUT2D eigenvalue weighted by Crippen LogP contribution is -2.35. The van der Waals surface area contributed by atoms with Crippen LogP contribution in [0.5, 0.6) is 0 Å². The average molecular weight is 197 g/mol. The Hall–Kier alpha value is -1.32. The second-order valence-electron chi connectivity index (χ2n) is 3.12. The van der Waals surface area contributed by atoms with Gasteiger partial charge in [0.1, 0.15) is 6.20 Å². The Balaban J connectivity index is 3.31. The molecule has 0 unspecified atom stereocenters. The molecular formula is C10H17N2O2+. The van der Waals surface area contributed by atoms with Crippen molar-refractivity contribution in [3.63, 3.8) is 0 Å². The Morgan fingerprint density at radius 2 is 2.14 bits per heavy atom. The normalized spacial score (nSPS) is 10.5. The molecule has 0 radical (unpaired) electrons. The first-order valence-electron chi connectivity index (χ1n) is 5.00. The number of rotatable bonds is 4. The van der Waals surface area contributed by atoms with E-state index in [4.69, 9.17) is 5.11 Å². The average Bonchev–Trinajstić information content (AvgIpc) is 2.54. The van der Waals surface area contributed by atoms with E-state index in [2.05, 4.69) is 0 Å². The molecule has 0 amide bonds. The zero-order chi connectivity index (χ0) is 10.7.